The van der Waals surface area contributed by atoms with Crippen LogP contribution < -0.4 is 5.32 Å². The lowest BCUT2D eigenvalue weighted by atomic mass is 9.95. The van der Waals surface area contributed by atoms with E-state index in [1.54, 1.807) is 29.9 Å². The van der Waals surface area contributed by atoms with Crippen molar-refractivity contribution in [2.75, 3.05) is 25.5 Å². The standard InChI is InChI=1S/C13H17N5S/c1-18-6-2-10(3-7-18)11-9-19-13(16-11)17-12-8-14-4-5-15-12/h4-5,8-10H,2-3,6-7H2,1H3,(H,15,16,17). The van der Waals surface area contributed by atoms with Crippen molar-refractivity contribution in [3.05, 3.63) is 29.7 Å². The number of likely N-dealkylation sites (tertiary alicyclic amines) is 1. The van der Waals surface area contributed by atoms with Crippen molar-refractivity contribution in [3.8, 4) is 0 Å². The molecule has 0 spiro atoms. The van der Waals surface area contributed by atoms with Crippen molar-refractivity contribution < 1.29 is 0 Å². The molecule has 5 nitrogen and oxygen atoms in total. The predicted octanol–water partition coefficient (Wildman–Crippen LogP) is 2.49. The third-order valence-electron chi connectivity index (χ3n) is 3.46. The number of hydrogen-bond acceptors (Lipinski definition) is 6. The van der Waals surface area contributed by atoms with Gasteiger partial charge in [0.25, 0.3) is 0 Å². The van der Waals surface area contributed by atoms with Crippen LogP contribution in [0.25, 0.3) is 0 Å². The first-order chi connectivity index (χ1) is 9.31. The van der Waals surface area contributed by atoms with Crippen LogP contribution in [0.5, 0.6) is 0 Å². The molecule has 1 saturated heterocycles. The third kappa shape index (κ3) is 3.08. The van der Waals surface area contributed by atoms with Crippen molar-refractivity contribution in [1.29, 1.82) is 0 Å². The van der Waals surface area contributed by atoms with Crippen molar-refractivity contribution in [2.24, 2.45) is 0 Å². The second kappa shape index (κ2) is 5.63. The Balaban J connectivity index is 1.66. The zero-order valence-electron chi connectivity index (χ0n) is 10.9. The fourth-order valence-electron chi connectivity index (χ4n) is 2.31. The first-order valence-corrected chi connectivity index (χ1v) is 7.36. The van der Waals surface area contributed by atoms with Crippen molar-refractivity contribution in [2.45, 2.75) is 18.8 Å². The van der Waals surface area contributed by atoms with Crippen LogP contribution in [0.2, 0.25) is 0 Å². The number of piperidine rings is 1. The van der Waals surface area contributed by atoms with Crippen LogP contribution >= 0.6 is 11.3 Å². The summed E-state index contributed by atoms with van der Waals surface area (Å²) in [5.74, 6) is 1.34. The summed E-state index contributed by atoms with van der Waals surface area (Å²) in [6.07, 6.45) is 7.44. The highest BCUT2D eigenvalue weighted by Crippen LogP contribution is 2.30. The Morgan fingerprint density at radius 3 is 2.89 bits per heavy atom. The van der Waals surface area contributed by atoms with E-state index < -0.39 is 0 Å². The molecular formula is C13H17N5S. The van der Waals surface area contributed by atoms with E-state index in [1.165, 1.54) is 18.5 Å². The molecular weight excluding hydrogens is 258 g/mol. The minimum atomic E-state index is 0.602. The van der Waals surface area contributed by atoms with E-state index in [0.717, 1.165) is 24.0 Å². The summed E-state index contributed by atoms with van der Waals surface area (Å²) in [4.78, 5) is 15.3. The average molecular weight is 275 g/mol. The average Bonchev–Trinajstić information content (AvgIpc) is 2.89. The van der Waals surface area contributed by atoms with Crippen LogP contribution in [-0.4, -0.2) is 40.0 Å². The summed E-state index contributed by atoms with van der Waals surface area (Å²) in [7, 11) is 2.18. The predicted molar refractivity (Wildman–Crippen MR) is 76.9 cm³/mol. The van der Waals surface area contributed by atoms with Gasteiger partial charge in [-0.05, 0) is 33.0 Å². The first-order valence-electron chi connectivity index (χ1n) is 6.48. The molecule has 100 valence electrons. The highest BCUT2D eigenvalue weighted by molar-refractivity contribution is 7.13. The molecule has 0 aromatic carbocycles. The largest absolute Gasteiger partial charge is 0.315 e. The molecule has 1 aliphatic heterocycles. The quantitative estimate of drug-likeness (QED) is 0.932. The number of anilines is 2. The molecule has 0 aliphatic carbocycles. The Morgan fingerprint density at radius 2 is 2.16 bits per heavy atom. The van der Waals surface area contributed by atoms with E-state index in [0.29, 0.717) is 5.92 Å². The second-order valence-corrected chi connectivity index (χ2v) is 5.73. The molecule has 1 N–H and O–H groups in total. The summed E-state index contributed by atoms with van der Waals surface area (Å²) >= 11 is 1.64. The van der Waals surface area contributed by atoms with Gasteiger partial charge in [-0.2, -0.15) is 0 Å². The van der Waals surface area contributed by atoms with Crippen molar-refractivity contribution in [3.63, 3.8) is 0 Å². The maximum atomic E-state index is 4.68. The summed E-state index contributed by atoms with van der Waals surface area (Å²) in [6.45, 7) is 2.32. The van der Waals surface area contributed by atoms with Crippen molar-refractivity contribution in [1.82, 2.24) is 19.9 Å². The topological polar surface area (TPSA) is 53.9 Å². The molecule has 0 atom stereocenters. The van der Waals surface area contributed by atoms with E-state index in [9.17, 15) is 0 Å². The van der Waals surface area contributed by atoms with Gasteiger partial charge in [0.05, 0.1) is 11.9 Å². The second-order valence-electron chi connectivity index (χ2n) is 4.87. The number of nitrogens with one attached hydrogen (secondary N) is 1. The number of rotatable bonds is 3. The van der Waals surface area contributed by atoms with Gasteiger partial charge in [0, 0.05) is 23.7 Å². The van der Waals surface area contributed by atoms with Gasteiger partial charge in [0.2, 0.25) is 0 Å². The van der Waals surface area contributed by atoms with E-state index >= 15 is 0 Å². The monoisotopic (exact) mass is 275 g/mol. The Labute approximate surface area is 116 Å². The molecule has 0 saturated carbocycles. The molecule has 0 radical (unpaired) electrons. The van der Waals surface area contributed by atoms with E-state index in [-0.39, 0.29) is 0 Å². The number of aromatic nitrogens is 3. The lowest BCUT2D eigenvalue weighted by Crippen LogP contribution is -2.29. The highest BCUT2D eigenvalue weighted by atomic mass is 32.1. The molecule has 0 unspecified atom stereocenters. The van der Waals surface area contributed by atoms with Crippen LogP contribution in [0, 0.1) is 0 Å². The van der Waals surface area contributed by atoms with Gasteiger partial charge in [-0.3, -0.25) is 4.98 Å². The van der Waals surface area contributed by atoms with Gasteiger partial charge in [0.15, 0.2) is 10.9 Å². The van der Waals surface area contributed by atoms with E-state index in [1.807, 2.05) is 0 Å². The minimum absolute atomic E-state index is 0.602. The SMILES string of the molecule is CN1CCC(c2csc(Nc3cnccn3)n2)CC1. The molecule has 2 aromatic rings. The van der Waals surface area contributed by atoms with Crippen LogP contribution in [0.3, 0.4) is 0 Å². The van der Waals surface area contributed by atoms with Gasteiger partial charge in [-0.25, -0.2) is 9.97 Å². The van der Waals surface area contributed by atoms with Gasteiger partial charge in [0.1, 0.15) is 0 Å². The van der Waals surface area contributed by atoms with E-state index in [2.05, 4.69) is 37.6 Å². The molecule has 3 heterocycles. The van der Waals surface area contributed by atoms with Crippen LogP contribution in [-0.2, 0) is 0 Å². The molecule has 0 amide bonds. The number of hydrogen-bond donors (Lipinski definition) is 1. The fourth-order valence-corrected chi connectivity index (χ4v) is 3.11. The van der Waals surface area contributed by atoms with Crippen LogP contribution in [0.1, 0.15) is 24.5 Å². The molecule has 2 aromatic heterocycles. The molecule has 1 aliphatic rings. The lowest BCUT2D eigenvalue weighted by molar-refractivity contribution is 0.254. The van der Waals surface area contributed by atoms with Gasteiger partial charge in [-0.15, -0.1) is 11.3 Å². The van der Waals surface area contributed by atoms with Crippen LogP contribution in [0.15, 0.2) is 24.0 Å². The summed E-state index contributed by atoms with van der Waals surface area (Å²) < 4.78 is 0. The van der Waals surface area contributed by atoms with Gasteiger partial charge < -0.3 is 10.2 Å². The fraction of sp³-hybridized carbons (Fsp3) is 0.462. The van der Waals surface area contributed by atoms with Crippen LogP contribution in [0.4, 0.5) is 10.9 Å². The molecule has 19 heavy (non-hydrogen) atoms. The van der Waals surface area contributed by atoms with E-state index in [4.69, 9.17) is 0 Å². The lowest BCUT2D eigenvalue weighted by Gasteiger charge is -2.27. The number of thiazole rings is 1. The minimum Gasteiger partial charge on any atom is -0.315 e. The Bertz CT molecular complexity index is 519. The normalized spacial score (nSPS) is 17.5. The third-order valence-corrected chi connectivity index (χ3v) is 4.23. The summed E-state index contributed by atoms with van der Waals surface area (Å²) in [5.41, 5.74) is 1.21. The number of nitrogens with zero attached hydrogens (tertiary/aromatic N) is 4. The zero-order chi connectivity index (χ0) is 13.1. The maximum absolute atomic E-state index is 4.68. The molecule has 1 fully saturated rings. The first kappa shape index (κ1) is 12.5. The summed E-state index contributed by atoms with van der Waals surface area (Å²) in [5, 5.41) is 6.25. The van der Waals surface area contributed by atoms with Gasteiger partial charge in [-0.1, -0.05) is 0 Å². The Kier molecular flexibility index (Phi) is 3.70. The Morgan fingerprint density at radius 1 is 1.32 bits per heavy atom. The highest BCUT2D eigenvalue weighted by Gasteiger charge is 2.20. The van der Waals surface area contributed by atoms with Gasteiger partial charge >= 0.3 is 0 Å². The smallest absolute Gasteiger partial charge is 0.188 e. The maximum Gasteiger partial charge on any atom is 0.188 e. The molecule has 3 rings (SSSR count). The Hall–Kier alpha value is -1.53. The van der Waals surface area contributed by atoms with Crippen molar-refractivity contribution >= 4 is 22.3 Å². The molecule has 0 bridgehead atoms. The zero-order valence-corrected chi connectivity index (χ0v) is 11.7. The molecule has 6 heteroatoms. The summed E-state index contributed by atoms with van der Waals surface area (Å²) in [6, 6.07) is 0.